The van der Waals surface area contributed by atoms with E-state index in [2.05, 4.69) is 52.4 Å². The topological polar surface area (TPSA) is 44.3 Å². The van der Waals surface area contributed by atoms with Crippen LogP contribution in [0.4, 0.5) is 11.8 Å². The first-order chi connectivity index (χ1) is 12.3. The maximum Gasteiger partial charge on any atom is 0.227 e. The molecule has 25 heavy (non-hydrogen) atoms. The Hall–Kier alpha value is -2.14. The number of benzene rings is 1. The molecule has 1 aromatic carbocycles. The first kappa shape index (κ1) is 16.3. The number of aryl methyl sites for hydroxylation is 1. The number of anilines is 2. The molecule has 0 unspecified atom stereocenters. The van der Waals surface area contributed by atoms with Crippen LogP contribution >= 0.6 is 0 Å². The summed E-state index contributed by atoms with van der Waals surface area (Å²) in [5.41, 5.74) is 4.00. The van der Waals surface area contributed by atoms with E-state index in [4.69, 9.17) is 9.97 Å². The van der Waals surface area contributed by atoms with Gasteiger partial charge in [-0.25, -0.2) is 4.98 Å². The SMILES string of the molecule is CCc1cc(N2CCCNCC2)nc(N2CCc3ccccc3C2)n1. The van der Waals surface area contributed by atoms with Crippen molar-refractivity contribution in [1.82, 2.24) is 15.3 Å². The van der Waals surface area contributed by atoms with Crippen LogP contribution in [-0.2, 0) is 19.4 Å². The second kappa shape index (κ2) is 7.40. The van der Waals surface area contributed by atoms with E-state index in [9.17, 15) is 0 Å². The Morgan fingerprint density at radius 3 is 2.76 bits per heavy atom. The lowest BCUT2D eigenvalue weighted by Gasteiger charge is -2.30. The maximum atomic E-state index is 4.96. The monoisotopic (exact) mass is 337 g/mol. The molecule has 0 saturated carbocycles. The van der Waals surface area contributed by atoms with E-state index in [1.807, 2.05) is 0 Å². The highest BCUT2D eigenvalue weighted by Gasteiger charge is 2.20. The molecule has 2 aliphatic rings. The van der Waals surface area contributed by atoms with Gasteiger partial charge in [-0.3, -0.25) is 0 Å². The minimum absolute atomic E-state index is 0.890. The molecule has 1 N–H and O–H groups in total. The van der Waals surface area contributed by atoms with Crippen molar-refractivity contribution in [2.45, 2.75) is 32.7 Å². The van der Waals surface area contributed by atoms with Crippen LogP contribution in [0.2, 0.25) is 0 Å². The quantitative estimate of drug-likeness (QED) is 0.932. The molecule has 3 heterocycles. The highest BCUT2D eigenvalue weighted by Crippen LogP contribution is 2.24. The molecule has 5 nitrogen and oxygen atoms in total. The summed E-state index contributed by atoms with van der Waals surface area (Å²) in [6.45, 7) is 8.27. The van der Waals surface area contributed by atoms with Crippen molar-refractivity contribution < 1.29 is 0 Å². The lowest BCUT2D eigenvalue weighted by molar-refractivity contribution is 0.699. The second-order valence-corrected chi connectivity index (χ2v) is 6.90. The van der Waals surface area contributed by atoms with Gasteiger partial charge in [0.1, 0.15) is 5.82 Å². The van der Waals surface area contributed by atoms with Crippen LogP contribution in [0.1, 0.15) is 30.2 Å². The summed E-state index contributed by atoms with van der Waals surface area (Å²) in [7, 11) is 0. The lowest BCUT2D eigenvalue weighted by atomic mass is 10.0. The third kappa shape index (κ3) is 3.61. The first-order valence-corrected chi connectivity index (χ1v) is 9.49. The molecule has 0 atom stereocenters. The van der Waals surface area contributed by atoms with Crippen molar-refractivity contribution in [2.24, 2.45) is 0 Å². The van der Waals surface area contributed by atoms with Gasteiger partial charge in [0.05, 0.1) is 0 Å². The van der Waals surface area contributed by atoms with E-state index in [0.717, 1.165) is 76.0 Å². The summed E-state index contributed by atoms with van der Waals surface area (Å²) in [6.07, 6.45) is 3.18. The van der Waals surface area contributed by atoms with Gasteiger partial charge in [0, 0.05) is 44.5 Å². The summed E-state index contributed by atoms with van der Waals surface area (Å²) in [5.74, 6) is 1.98. The van der Waals surface area contributed by atoms with E-state index in [1.54, 1.807) is 0 Å². The molecule has 0 amide bonds. The van der Waals surface area contributed by atoms with Crippen LogP contribution in [-0.4, -0.2) is 42.7 Å². The Morgan fingerprint density at radius 1 is 1.00 bits per heavy atom. The highest BCUT2D eigenvalue weighted by molar-refractivity contribution is 5.48. The van der Waals surface area contributed by atoms with Gasteiger partial charge in [-0.05, 0) is 36.9 Å². The molecule has 1 aromatic heterocycles. The van der Waals surface area contributed by atoms with E-state index >= 15 is 0 Å². The normalized spacial score (nSPS) is 18.0. The Balaban J connectivity index is 1.62. The number of nitrogens with one attached hydrogen (secondary N) is 1. The van der Waals surface area contributed by atoms with Gasteiger partial charge in [-0.2, -0.15) is 4.98 Å². The van der Waals surface area contributed by atoms with Gasteiger partial charge in [-0.15, -0.1) is 0 Å². The average Bonchev–Trinajstić information content (AvgIpc) is 2.97. The fourth-order valence-corrected chi connectivity index (χ4v) is 3.70. The van der Waals surface area contributed by atoms with E-state index in [0.29, 0.717) is 0 Å². The molecule has 2 aromatic rings. The van der Waals surface area contributed by atoms with Crippen LogP contribution in [0.5, 0.6) is 0 Å². The largest absolute Gasteiger partial charge is 0.355 e. The molecular weight excluding hydrogens is 310 g/mol. The summed E-state index contributed by atoms with van der Waals surface area (Å²) < 4.78 is 0. The number of hydrogen-bond acceptors (Lipinski definition) is 5. The van der Waals surface area contributed by atoms with Gasteiger partial charge in [-0.1, -0.05) is 31.2 Å². The van der Waals surface area contributed by atoms with E-state index in [-0.39, 0.29) is 0 Å². The zero-order valence-electron chi connectivity index (χ0n) is 15.0. The van der Waals surface area contributed by atoms with E-state index in [1.165, 1.54) is 11.1 Å². The Kier molecular flexibility index (Phi) is 4.83. The van der Waals surface area contributed by atoms with Crippen molar-refractivity contribution in [3.8, 4) is 0 Å². The predicted octanol–water partition coefficient (Wildman–Crippen LogP) is 2.40. The molecule has 0 aliphatic carbocycles. The Bertz CT molecular complexity index is 722. The van der Waals surface area contributed by atoms with Gasteiger partial charge in [0.15, 0.2) is 0 Å². The molecule has 5 heteroatoms. The zero-order chi connectivity index (χ0) is 17.1. The molecule has 0 spiro atoms. The number of fused-ring (bicyclic) bond motifs is 1. The maximum absolute atomic E-state index is 4.96. The highest BCUT2D eigenvalue weighted by atomic mass is 15.3. The molecule has 0 bridgehead atoms. The first-order valence-electron chi connectivity index (χ1n) is 9.49. The number of rotatable bonds is 3. The molecule has 0 radical (unpaired) electrons. The number of aromatic nitrogens is 2. The molecule has 1 saturated heterocycles. The summed E-state index contributed by atoms with van der Waals surface area (Å²) in [4.78, 5) is 14.5. The third-order valence-corrected chi connectivity index (χ3v) is 5.19. The van der Waals surface area contributed by atoms with Crippen LogP contribution in [0.3, 0.4) is 0 Å². The van der Waals surface area contributed by atoms with Crippen LogP contribution in [0, 0.1) is 0 Å². The summed E-state index contributed by atoms with van der Waals surface area (Å²) in [6, 6.07) is 10.9. The molecule has 2 aliphatic heterocycles. The predicted molar refractivity (Wildman–Crippen MR) is 102 cm³/mol. The van der Waals surface area contributed by atoms with Crippen molar-refractivity contribution in [2.75, 3.05) is 42.5 Å². The van der Waals surface area contributed by atoms with Crippen molar-refractivity contribution in [3.63, 3.8) is 0 Å². The van der Waals surface area contributed by atoms with Crippen molar-refractivity contribution in [3.05, 3.63) is 47.2 Å². The standard InChI is InChI=1S/C20H27N5/c1-2-18-14-19(24-11-5-9-21-10-13-24)23-20(22-18)25-12-8-16-6-3-4-7-17(16)15-25/h3-4,6-7,14,21H,2,5,8-13,15H2,1H3. The summed E-state index contributed by atoms with van der Waals surface area (Å²) in [5, 5.41) is 3.47. The second-order valence-electron chi connectivity index (χ2n) is 6.90. The Morgan fingerprint density at radius 2 is 1.88 bits per heavy atom. The average molecular weight is 337 g/mol. The number of hydrogen-bond donors (Lipinski definition) is 1. The van der Waals surface area contributed by atoms with Crippen LogP contribution in [0.25, 0.3) is 0 Å². The molecule has 1 fully saturated rings. The van der Waals surface area contributed by atoms with Crippen LogP contribution < -0.4 is 15.1 Å². The third-order valence-electron chi connectivity index (χ3n) is 5.19. The van der Waals surface area contributed by atoms with Crippen LogP contribution in [0.15, 0.2) is 30.3 Å². The molecule has 4 rings (SSSR count). The number of nitrogens with zero attached hydrogens (tertiary/aromatic N) is 4. The fourth-order valence-electron chi connectivity index (χ4n) is 3.70. The minimum atomic E-state index is 0.890. The van der Waals surface area contributed by atoms with Gasteiger partial charge in [0.2, 0.25) is 5.95 Å². The van der Waals surface area contributed by atoms with Crippen molar-refractivity contribution in [1.29, 1.82) is 0 Å². The zero-order valence-corrected chi connectivity index (χ0v) is 15.0. The van der Waals surface area contributed by atoms with Crippen molar-refractivity contribution >= 4 is 11.8 Å². The van der Waals surface area contributed by atoms with Gasteiger partial charge < -0.3 is 15.1 Å². The van der Waals surface area contributed by atoms with Gasteiger partial charge in [0.25, 0.3) is 0 Å². The molecular formula is C20H27N5. The lowest BCUT2D eigenvalue weighted by Crippen LogP contribution is -2.33. The minimum Gasteiger partial charge on any atom is -0.355 e. The summed E-state index contributed by atoms with van der Waals surface area (Å²) >= 11 is 0. The smallest absolute Gasteiger partial charge is 0.227 e. The van der Waals surface area contributed by atoms with E-state index < -0.39 is 0 Å². The van der Waals surface area contributed by atoms with Gasteiger partial charge >= 0.3 is 0 Å². The molecule has 132 valence electrons. The fraction of sp³-hybridized carbons (Fsp3) is 0.500. The Labute approximate surface area is 150 Å².